The van der Waals surface area contributed by atoms with Crippen LogP contribution in [0.15, 0.2) is 17.1 Å². The normalized spacial score (nSPS) is 10.2. The largest absolute Gasteiger partial charge is 0.404 e. The number of halogens is 1. The van der Waals surface area contributed by atoms with Crippen LogP contribution in [0.3, 0.4) is 0 Å². The van der Waals surface area contributed by atoms with Gasteiger partial charge in [0.1, 0.15) is 4.47 Å². The highest BCUT2D eigenvalue weighted by atomic mass is 79.9. The molecule has 0 unspecified atom stereocenters. The zero-order valence-electron chi connectivity index (χ0n) is 10.6. The maximum Gasteiger partial charge on any atom is 0.404 e. The van der Waals surface area contributed by atoms with E-state index in [2.05, 4.69) is 32.9 Å². The molecule has 0 atom stereocenters. The van der Waals surface area contributed by atoms with Gasteiger partial charge in [0.05, 0.1) is 17.3 Å². The molecule has 1 amide bonds. The summed E-state index contributed by atoms with van der Waals surface area (Å²) in [6.45, 7) is 6.14. The van der Waals surface area contributed by atoms with Crippen LogP contribution in [0.25, 0.3) is 0 Å². The molecule has 0 bridgehead atoms. The molecule has 1 heterocycles. The lowest BCUT2D eigenvalue weighted by molar-refractivity contribution is -0.390. The minimum absolute atomic E-state index is 0.0710. The first-order valence-electron chi connectivity index (χ1n) is 5.72. The van der Waals surface area contributed by atoms with Gasteiger partial charge in [-0.05, 0) is 34.2 Å². The van der Waals surface area contributed by atoms with Crippen LogP contribution < -0.4 is 5.32 Å². The average Bonchev–Trinajstić information content (AvgIpc) is 2.64. The third-order valence-corrected chi connectivity index (χ3v) is 3.44. The second-order valence-electron chi connectivity index (χ2n) is 3.90. The number of aromatic nitrogens is 2. The minimum atomic E-state index is -0.537. The van der Waals surface area contributed by atoms with Gasteiger partial charge in [-0.2, -0.15) is 4.68 Å². The topological polar surface area (TPSA) is 90.1 Å². The molecule has 0 fully saturated rings. The van der Waals surface area contributed by atoms with Crippen LogP contribution in [0.5, 0.6) is 0 Å². The number of carbonyl (C=O) groups is 1. The van der Waals surface area contributed by atoms with E-state index in [4.69, 9.17) is 0 Å². The van der Waals surface area contributed by atoms with Crippen molar-refractivity contribution in [3.05, 3.63) is 32.9 Å². The van der Waals surface area contributed by atoms with E-state index in [-0.39, 0.29) is 11.7 Å². The van der Waals surface area contributed by atoms with Crippen LogP contribution in [-0.2, 0) is 11.3 Å². The third kappa shape index (κ3) is 4.16. The van der Waals surface area contributed by atoms with Gasteiger partial charge in [0.25, 0.3) is 0 Å². The molecule has 0 saturated carbocycles. The number of aryl methyl sites for hydroxylation is 1. The van der Waals surface area contributed by atoms with E-state index in [1.807, 2.05) is 0 Å². The van der Waals surface area contributed by atoms with Crippen molar-refractivity contribution in [2.45, 2.75) is 26.3 Å². The van der Waals surface area contributed by atoms with Crippen LogP contribution in [0.1, 0.15) is 18.5 Å². The Kier molecular flexibility index (Phi) is 5.68. The van der Waals surface area contributed by atoms with E-state index >= 15 is 0 Å². The van der Waals surface area contributed by atoms with Gasteiger partial charge in [-0.15, -0.1) is 6.58 Å². The summed E-state index contributed by atoms with van der Waals surface area (Å²) in [6.07, 6.45) is 2.52. The van der Waals surface area contributed by atoms with E-state index in [0.717, 1.165) is 0 Å². The Morgan fingerprint density at radius 3 is 2.89 bits per heavy atom. The van der Waals surface area contributed by atoms with E-state index in [0.29, 0.717) is 36.1 Å². The van der Waals surface area contributed by atoms with Gasteiger partial charge in [0, 0.05) is 13.0 Å². The molecule has 19 heavy (non-hydrogen) atoms. The first-order valence-corrected chi connectivity index (χ1v) is 6.51. The van der Waals surface area contributed by atoms with Crippen molar-refractivity contribution in [1.29, 1.82) is 0 Å². The highest BCUT2D eigenvalue weighted by Crippen LogP contribution is 2.27. The molecule has 104 valence electrons. The van der Waals surface area contributed by atoms with Crippen LogP contribution in [0.4, 0.5) is 5.82 Å². The van der Waals surface area contributed by atoms with Crippen molar-refractivity contribution in [3.63, 3.8) is 0 Å². The van der Waals surface area contributed by atoms with Crippen LogP contribution in [-0.4, -0.2) is 27.2 Å². The highest BCUT2D eigenvalue weighted by Gasteiger charge is 2.22. The Morgan fingerprint density at radius 2 is 2.37 bits per heavy atom. The Labute approximate surface area is 119 Å². The maximum atomic E-state index is 11.4. The Hall–Kier alpha value is -1.70. The van der Waals surface area contributed by atoms with Crippen LogP contribution >= 0.6 is 15.9 Å². The van der Waals surface area contributed by atoms with Gasteiger partial charge in [-0.25, -0.2) is 0 Å². The Balaban J connectivity index is 2.54. The molecule has 1 rings (SSSR count). The summed E-state index contributed by atoms with van der Waals surface area (Å²) in [6, 6.07) is 0. The van der Waals surface area contributed by atoms with Gasteiger partial charge in [0.15, 0.2) is 0 Å². The average molecular weight is 331 g/mol. The van der Waals surface area contributed by atoms with Gasteiger partial charge in [-0.3, -0.25) is 4.79 Å². The summed E-state index contributed by atoms with van der Waals surface area (Å²) in [5.74, 6) is -0.271. The zero-order valence-corrected chi connectivity index (χ0v) is 12.1. The zero-order chi connectivity index (χ0) is 14.4. The number of nitrogens with zero attached hydrogens (tertiary/aromatic N) is 3. The fourth-order valence-corrected chi connectivity index (χ4v) is 1.94. The molecule has 1 N–H and O–H groups in total. The molecule has 0 aliphatic carbocycles. The summed E-state index contributed by atoms with van der Waals surface area (Å²) in [5, 5.41) is 17.3. The Bertz CT molecular complexity index is 498. The molecular formula is C11H15BrN4O3. The van der Waals surface area contributed by atoms with Crippen molar-refractivity contribution in [2.75, 3.05) is 6.54 Å². The second kappa shape index (κ2) is 7.03. The van der Waals surface area contributed by atoms with Crippen molar-refractivity contribution >= 4 is 27.7 Å². The van der Waals surface area contributed by atoms with E-state index in [9.17, 15) is 14.9 Å². The smallest absolute Gasteiger partial charge is 0.358 e. The summed E-state index contributed by atoms with van der Waals surface area (Å²) in [4.78, 5) is 21.5. The summed E-state index contributed by atoms with van der Waals surface area (Å²) >= 11 is 3.14. The van der Waals surface area contributed by atoms with E-state index < -0.39 is 4.92 Å². The first kappa shape index (κ1) is 15.4. The monoisotopic (exact) mass is 330 g/mol. The number of amides is 1. The first-order chi connectivity index (χ1) is 8.97. The second-order valence-corrected chi connectivity index (χ2v) is 4.69. The minimum Gasteiger partial charge on any atom is -0.358 e. The molecule has 0 aliphatic rings. The van der Waals surface area contributed by atoms with E-state index in [1.165, 1.54) is 4.68 Å². The number of carbonyl (C=O) groups excluding carboxylic acids is 1. The van der Waals surface area contributed by atoms with Gasteiger partial charge < -0.3 is 15.4 Å². The Morgan fingerprint density at radius 1 is 1.68 bits per heavy atom. The molecule has 0 aromatic carbocycles. The highest BCUT2D eigenvalue weighted by molar-refractivity contribution is 9.10. The predicted molar refractivity (Wildman–Crippen MR) is 73.8 cm³/mol. The fraction of sp³-hybridized carbons (Fsp3) is 0.455. The molecule has 7 nitrogen and oxygen atoms in total. The van der Waals surface area contributed by atoms with Crippen molar-refractivity contribution < 1.29 is 9.72 Å². The molecule has 0 saturated heterocycles. The molecule has 0 spiro atoms. The SMILES string of the molecule is C=CCNC(=O)CCCn1nc([N+](=O)[O-])c(Br)c1C. The van der Waals surface area contributed by atoms with E-state index in [1.54, 1.807) is 13.0 Å². The van der Waals surface area contributed by atoms with Gasteiger partial charge >= 0.3 is 5.82 Å². The molecule has 1 aromatic heterocycles. The summed E-state index contributed by atoms with van der Waals surface area (Å²) in [5.41, 5.74) is 0.679. The number of hydrogen-bond donors (Lipinski definition) is 1. The van der Waals surface area contributed by atoms with Crippen LogP contribution in [0, 0.1) is 17.0 Å². The summed E-state index contributed by atoms with van der Waals surface area (Å²) in [7, 11) is 0. The maximum absolute atomic E-state index is 11.4. The third-order valence-electron chi connectivity index (χ3n) is 2.51. The number of hydrogen-bond acceptors (Lipinski definition) is 4. The standard InChI is InChI=1S/C11H15BrN4O3/c1-3-6-13-9(17)5-4-7-15-8(2)10(12)11(14-15)16(18)19/h3H,1,4-7H2,2H3,(H,13,17). The number of nitrogens with one attached hydrogen (secondary N) is 1. The molecule has 8 heteroatoms. The molecule has 1 aromatic rings. The molecular weight excluding hydrogens is 316 g/mol. The van der Waals surface area contributed by atoms with Crippen molar-refractivity contribution in [3.8, 4) is 0 Å². The van der Waals surface area contributed by atoms with Crippen LogP contribution in [0.2, 0.25) is 0 Å². The lowest BCUT2D eigenvalue weighted by Gasteiger charge is -2.02. The lowest BCUT2D eigenvalue weighted by Crippen LogP contribution is -2.23. The number of rotatable bonds is 7. The fourth-order valence-electron chi connectivity index (χ4n) is 1.51. The van der Waals surface area contributed by atoms with Crippen molar-refractivity contribution in [1.82, 2.24) is 15.1 Å². The van der Waals surface area contributed by atoms with Gasteiger partial charge in [-0.1, -0.05) is 6.08 Å². The number of nitro groups is 1. The quantitative estimate of drug-likeness (QED) is 0.470. The molecule has 0 radical (unpaired) electrons. The van der Waals surface area contributed by atoms with Gasteiger partial charge in [0.2, 0.25) is 5.91 Å². The lowest BCUT2D eigenvalue weighted by atomic mass is 10.3. The predicted octanol–water partition coefficient (Wildman–Crippen LogP) is 1.94. The molecule has 0 aliphatic heterocycles. The summed E-state index contributed by atoms with van der Waals surface area (Å²) < 4.78 is 1.91. The van der Waals surface area contributed by atoms with Crippen molar-refractivity contribution in [2.24, 2.45) is 0 Å².